The van der Waals surface area contributed by atoms with Crippen molar-refractivity contribution in [1.29, 1.82) is 0 Å². The Labute approximate surface area is 235 Å². The number of unbranched alkanes of at least 4 members (excludes halogenated alkanes) is 2. The third-order valence-electron chi connectivity index (χ3n) is 7.62. The van der Waals surface area contributed by atoms with E-state index in [1.807, 2.05) is 12.1 Å². The van der Waals surface area contributed by atoms with Gasteiger partial charge in [0.05, 0.1) is 27.4 Å². The van der Waals surface area contributed by atoms with E-state index >= 15 is 0 Å². The van der Waals surface area contributed by atoms with Crippen LogP contribution in [-0.2, 0) is 6.54 Å². The molecule has 212 valence electrons. The van der Waals surface area contributed by atoms with Crippen LogP contribution in [0.5, 0.6) is 17.2 Å². The fourth-order valence-electron chi connectivity index (χ4n) is 5.35. The molecule has 0 radical (unpaired) electrons. The van der Waals surface area contributed by atoms with Gasteiger partial charge >= 0.3 is 0 Å². The van der Waals surface area contributed by atoms with E-state index in [4.69, 9.17) is 14.2 Å². The van der Waals surface area contributed by atoms with Crippen LogP contribution in [0.1, 0.15) is 74.1 Å². The Balaban J connectivity index is 1.25. The summed E-state index contributed by atoms with van der Waals surface area (Å²) in [6, 6.07) is 12.9. The van der Waals surface area contributed by atoms with Crippen molar-refractivity contribution >= 4 is 0 Å². The fraction of sp³-hybridized carbons (Fsp3) is 0.515. The molecule has 1 saturated carbocycles. The molecular formula is C33H47N3O3. The van der Waals surface area contributed by atoms with Gasteiger partial charge in [-0.2, -0.15) is 0 Å². The number of ether oxygens (including phenoxy) is 3. The highest BCUT2D eigenvalue weighted by molar-refractivity contribution is 5.54. The molecule has 1 heterocycles. The first-order valence-electron chi connectivity index (χ1n) is 14.6. The molecule has 1 fully saturated rings. The molecule has 6 heteroatoms. The maximum atomic E-state index is 5.72. The van der Waals surface area contributed by atoms with Crippen molar-refractivity contribution in [2.75, 3.05) is 47.5 Å². The second kappa shape index (κ2) is 15.0. The highest BCUT2D eigenvalue weighted by Gasteiger charge is 2.30. The molecule has 1 unspecified atom stereocenters. The van der Waals surface area contributed by atoms with Gasteiger partial charge in [-0.25, -0.2) is 0 Å². The molecule has 2 aliphatic rings. The lowest BCUT2D eigenvalue weighted by Crippen LogP contribution is -2.29. The molecule has 4 rings (SSSR count). The van der Waals surface area contributed by atoms with Crippen LogP contribution in [0.15, 0.2) is 60.3 Å². The van der Waals surface area contributed by atoms with Crippen LogP contribution in [0.2, 0.25) is 0 Å². The van der Waals surface area contributed by atoms with Gasteiger partial charge in [0.15, 0.2) is 11.5 Å². The fourth-order valence-corrected chi connectivity index (χ4v) is 5.35. The van der Waals surface area contributed by atoms with E-state index in [1.54, 1.807) is 21.3 Å². The lowest BCUT2D eigenvalue weighted by atomic mass is 9.96. The number of benzene rings is 2. The van der Waals surface area contributed by atoms with E-state index in [-0.39, 0.29) is 6.04 Å². The molecular weight excluding hydrogens is 486 g/mol. The number of nitrogens with zero attached hydrogens (tertiary/aromatic N) is 1. The highest BCUT2D eigenvalue weighted by atomic mass is 16.5. The Morgan fingerprint density at radius 3 is 2.46 bits per heavy atom. The van der Waals surface area contributed by atoms with Crippen LogP contribution in [0.3, 0.4) is 0 Å². The summed E-state index contributed by atoms with van der Waals surface area (Å²) in [6.45, 7) is 7.48. The summed E-state index contributed by atoms with van der Waals surface area (Å²) in [7, 11) is 5.17. The molecule has 1 atom stereocenters. The van der Waals surface area contributed by atoms with Gasteiger partial charge in [0.2, 0.25) is 0 Å². The number of dihydropyridines is 1. The lowest BCUT2D eigenvalue weighted by Gasteiger charge is -2.26. The largest absolute Gasteiger partial charge is 0.497 e. The molecule has 0 aromatic heterocycles. The van der Waals surface area contributed by atoms with Crippen molar-refractivity contribution in [1.82, 2.24) is 15.5 Å². The minimum Gasteiger partial charge on any atom is -0.497 e. The maximum Gasteiger partial charge on any atom is 0.164 e. The van der Waals surface area contributed by atoms with Gasteiger partial charge in [0.1, 0.15) is 5.75 Å². The summed E-state index contributed by atoms with van der Waals surface area (Å²) in [5, 5.41) is 7.12. The summed E-state index contributed by atoms with van der Waals surface area (Å²) < 4.78 is 16.7. The average Bonchev–Trinajstić information content (AvgIpc) is 3.82. The highest BCUT2D eigenvalue weighted by Crippen LogP contribution is 2.48. The van der Waals surface area contributed by atoms with Gasteiger partial charge in [-0.1, -0.05) is 31.6 Å². The van der Waals surface area contributed by atoms with Crippen molar-refractivity contribution in [3.05, 3.63) is 77.0 Å². The monoisotopic (exact) mass is 533 g/mol. The van der Waals surface area contributed by atoms with E-state index in [0.29, 0.717) is 5.92 Å². The van der Waals surface area contributed by atoms with Crippen LogP contribution in [0.25, 0.3) is 0 Å². The molecule has 1 aliphatic carbocycles. The van der Waals surface area contributed by atoms with Gasteiger partial charge in [-0.3, -0.25) is 4.90 Å². The summed E-state index contributed by atoms with van der Waals surface area (Å²) >= 11 is 0. The number of methoxy groups -OCH3 is 3. The second-order valence-electron chi connectivity index (χ2n) is 10.7. The first-order chi connectivity index (χ1) is 19.1. The Morgan fingerprint density at radius 2 is 1.77 bits per heavy atom. The minimum atomic E-state index is 0.141. The van der Waals surface area contributed by atoms with Gasteiger partial charge in [-0.15, -0.1) is 0 Å². The molecule has 2 aromatic rings. The topological polar surface area (TPSA) is 55.0 Å². The standard InChI is InChI=1S/C33H47N3O3/c1-5-18-36(19-8-6-7-16-34-23-25-9-13-29(37-2)14-10-25)24-26-15-17-35-31(20-26)28-21-30(27-11-12-27)33(39-4)32(22-28)38-3/h9-10,13-15,17,20-22,27,31,34-35H,5-8,11-12,16,18-19,23-24H2,1-4H3. The molecule has 2 aromatic carbocycles. The number of hydrogen-bond acceptors (Lipinski definition) is 6. The predicted molar refractivity (Wildman–Crippen MR) is 160 cm³/mol. The first kappa shape index (κ1) is 29.0. The van der Waals surface area contributed by atoms with Crippen LogP contribution in [0, 0.1) is 0 Å². The molecule has 0 amide bonds. The summed E-state index contributed by atoms with van der Waals surface area (Å²) in [4.78, 5) is 2.60. The van der Waals surface area contributed by atoms with Gasteiger partial charge < -0.3 is 24.8 Å². The molecule has 0 spiro atoms. The van der Waals surface area contributed by atoms with Crippen LogP contribution >= 0.6 is 0 Å². The van der Waals surface area contributed by atoms with Crippen molar-refractivity contribution in [2.24, 2.45) is 0 Å². The molecule has 0 saturated heterocycles. The summed E-state index contributed by atoms with van der Waals surface area (Å²) in [5.74, 6) is 3.22. The zero-order valence-corrected chi connectivity index (χ0v) is 24.3. The molecule has 39 heavy (non-hydrogen) atoms. The van der Waals surface area contributed by atoms with Gasteiger partial charge in [-0.05, 0) is 111 Å². The van der Waals surface area contributed by atoms with E-state index in [1.165, 1.54) is 60.8 Å². The second-order valence-corrected chi connectivity index (χ2v) is 10.7. The number of rotatable bonds is 17. The van der Waals surface area contributed by atoms with E-state index < -0.39 is 0 Å². The zero-order valence-electron chi connectivity index (χ0n) is 24.3. The normalized spacial score (nSPS) is 16.6. The smallest absolute Gasteiger partial charge is 0.164 e. The first-order valence-corrected chi connectivity index (χ1v) is 14.6. The lowest BCUT2D eigenvalue weighted by molar-refractivity contribution is 0.290. The Hall–Kier alpha value is -2.96. The van der Waals surface area contributed by atoms with Crippen LogP contribution in [0.4, 0.5) is 0 Å². The van der Waals surface area contributed by atoms with Crippen molar-refractivity contribution < 1.29 is 14.2 Å². The van der Waals surface area contributed by atoms with E-state index in [9.17, 15) is 0 Å². The van der Waals surface area contributed by atoms with Crippen LogP contribution < -0.4 is 24.8 Å². The molecule has 2 N–H and O–H groups in total. The third-order valence-corrected chi connectivity index (χ3v) is 7.62. The molecule has 0 bridgehead atoms. The molecule has 1 aliphatic heterocycles. The van der Waals surface area contributed by atoms with Crippen molar-refractivity contribution in [2.45, 2.75) is 64.0 Å². The summed E-state index contributed by atoms with van der Waals surface area (Å²) in [6.07, 6.45) is 14.0. The molecule has 6 nitrogen and oxygen atoms in total. The van der Waals surface area contributed by atoms with E-state index in [2.05, 4.69) is 65.1 Å². The SMILES string of the molecule is CCCN(CCCCCNCc1ccc(OC)cc1)CC1=CC(c2cc(OC)c(OC)c(C3CC3)c2)NC=C1. The number of nitrogens with one attached hydrogen (secondary N) is 2. The quantitative estimate of drug-likeness (QED) is 0.231. The van der Waals surface area contributed by atoms with Gasteiger partial charge in [0.25, 0.3) is 0 Å². The predicted octanol–water partition coefficient (Wildman–Crippen LogP) is 6.35. The van der Waals surface area contributed by atoms with Gasteiger partial charge in [0, 0.05) is 18.7 Å². The maximum absolute atomic E-state index is 5.72. The summed E-state index contributed by atoms with van der Waals surface area (Å²) in [5.41, 5.74) is 5.18. The Kier molecular flexibility index (Phi) is 11.2. The van der Waals surface area contributed by atoms with Crippen LogP contribution in [-0.4, -0.2) is 52.4 Å². The number of hydrogen-bond donors (Lipinski definition) is 2. The minimum absolute atomic E-state index is 0.141. The van der Waals surface area contributed by atoms with Crippen molar-refractivity contribution in [3.8, 4) is 17.2 Å². The average molecular weight is 534 g/mol. The Bertz CT molecular complexity index is 1090. The van der Waals surface area contributed by atoms with E-state index in [0.717, 1.165) is 50.0 Å². The Morgan fingerprint density at radius 1 is 0.949 bits per heavy atom. The third kappa shape index (κ3) is 8.51. The van der Waals surface area contributed by atoms with Crippen molar-refractivity contribution in [3.63, 3.8) is 0 Å². The zero-order chi connectivity index (χ0) is 27.5.